The molecule has 26 nitrogen and oxygen atoms in total. The monoisotopic (exact) mass is 1930 g/mol. The molecule has 0 bridgehead atoms. The van der Waals surface area contributed by atoms with E-state index in [9.17, 15) is 57.8 Å². The number of carboxylic acids is 4. The van der Waals surface area contributed by atoms with Crippen LogP contribution in [0.15, 0.2) is 105 Å². The highest BCUT2D eigenvalue weighted by atomic mass is 16.6. The average molecular weight is 1930 g/mol. The van der Waals surface area contributed by atoms with Gasteiger partial charge in [-0.05, 0) is 149 Å². The Balaban J connectivity index is -0.000000223. The molecule has 0 aromatic heterocycles. The third-order valence-electron chi connectivity index (χ3n) is 22.2. The number of benzene rings is 3. The van der Waals surface area contributed by atoms with Gasteiger partial charge in [0.05, 0.1) is 136 Å². The summed E-state index contributed by atoms with van der Waals surface area (Å²) in [6.45, 7) is 72.3. The van der Waals surface area contributed by atoms with Gasteiger partial charge < -0.3 is 72.9 Å². The van der Waals surface area contributed by atoms with E-state index in [4.69, 9.17) is 67.8 Å². The normalized spacial score (nSPS) is 13.7. The van der Waals surface area contributed by atoms with Crippen molar-refractivity contribution in [1.82, 2.24) is 0 Å². The number of rotatable bonds is 51. The van der Waals surface area contributed by atoms with Crippen molar-refractivity contribution in [2.75, 3.05) is 66.1 Å². The summed E-state index contributed by atoms with van der Waals surface area (Å²) in [6.07, 6.45) is 21.5. The molecule has 0 spiro atoms. The molecule has 0 aliphatic carbocycles. The summed E-state index contributed by atoms with van der Waals surface area (Å²) in [7, 11) is 0. The molecular formula is C110H190O26. The van der Waals surface area contributed by atoms with Gasteiger partial charge in [-0.25, -0.2) is 0 Å². The number of carbonyl (C=O) groups excluding carboxylic acids is 7. The molecule has 1 fully saturated rings. The van der Waals surface area contributed by atoms with Crippen LogP contribution in [0.5, 0.6) is 0 Å². The fourth-order valence-corrected chi connectivity index (χ4v) is 8.71. The lowest BCUT2D eigenvalue weighted by molar-refractivity contribution is -0.173. The number of esters is 7. The highest BCUT2D eigenvalue weighted by Gasteiger charge is 2.38. The lowest BCUT2D eigenvalue weighted by Crippen LogP contribution is -2.46. The molecule has 26 heteroatoms. The number of aliphatic hydroxyl groups is 1. The molecule has 1 saturated heterocycles. The lowest BCUT2D eigenvalue weighted by atomic mass is 9.84. The van der Waals surface area contributed by atoms with Crippen LogP contribution in [0, 0.1) is 76.4 Å². The minimum atomic E-state index is -0.801. The van der Waals surface area contributed by atoms with Crippen molar-refractivity contribution in [3.8, 4) is 0 Å². The van der Waals surface area contributed by atoms with Gasteiger partial charge in [0.1, 0.15) is 25.9 Å². The van der Waals surface area contributed by atoms with E-state index in [0.717, 1.165) is 132 Å². The fraction of sp³-hybridized carbons (Fsp3) is 0.682. The Hall–Kier alpha value is -9.27. The van der Waals surface area contributed by atoms with E-state index in [1.54, 1.807) is 46.8 Å². The van der Waals surface area contributed by atoms with Crippen LogP contribution in [0.4, 0.5) is 0 Å². The number of hydrogen-bond donors (Lipinski definition) is 5. The second-order valence-electron chi connectivity index (χ2n) is 34.6. The minimum absolute atomic E-state index is 0.0134. The van der Waals surface area contributed by atoms with Gasteiger partial charge in [-0.3, -0.25) is 52.7 Å². The third kappa shape index (κ3) is 84.0. The number of unbranched alkanes of at least 4 members (excludes halogenated alkanes) is 4. The molecule has 0 amide bonds. The zero-order valence-corrected chi connectivity index (χ0v) is 89.7. The van der Waals surface area contributed by atoms with Crippen molar-refractivity contribution >= 4 is 77.8 Å². The van der Waals surface area contributed by atoms with Crippen molar-refractivity contribution in [2.24, 2.45) is 76.4 Å². The van der Waals surface area contributed by atoms with E-state index < -0.39 is 30.0 Å². The zero-order valence-electron chi connectivity index (χ0n) is 89.7. The molecule has 1 aliphatic heterocycles. The summed E-state index contributed by atoms with van der Waals surface area (Å²) < 4.78 is 50.9. The molecule has 1 aliphatic rings. The molecule has 136 heavy (non-hydrogen) atoms. The van der Waals surface area contributed by atoms with Gasteiger partial charge in [0.25, 0.3) is 0 Å². The summed E-state index contributed by atoms with van der Waals surface area (Å²) in [4.78, 5) is 118. The number of hydrogen-bond acceptors (Lipinski definition) is 22. The molecule has 3 aromatic rings. The van der Waals surface area contributed by atoms with Crippen LogP contribution in [0.1, 0.15) is 357 Å². The van der Waals surface area contributed by atoms with Gasteiger partial charge in [-0.1, -0.05) is 324 Å². The Kier molecular flexibility index (Phi) is 98.9. The number of aliphatic hydroxyl groups excluding tert-OH is 1. The molecule has 3 aromatic carbocycles. The van der Waals surface area contributed by atoms with Crippen LogP contribution in [0.2, 0.25) is 0 Å². The average Bonchev–Trinajstić information content (AvgIpc) is 0.826. The second kappa shape index (κ2) is 94.7. The van der Waals surface area contributed by atoms with Gasteiger partial charge >= 0.3 is 65.7 Å². The largest absolute Gasteiger partial charge is 0.502 e. The van der Waals surface area contributed by atoms with Crippen molar-refractivity contribution in [1.29, 1.82) is 0 Å². The highest BCUT2D eigenvalue weighted by molar-refractivity contribution is 5.75. The maximum absolute atomic E-state index is 11.5. The van der Waals surface area contributed by atoms with Crippen molar-refractivity contribution in [3.63, 3.8) is 0 Å². The molecule has 4 rings (SSSR count). The van der Waals surface area contributed by atoms with Crippen LogP contribution in [-0.2, 0) is 113 Å². The van der Waals surface area contributed by atoms with E-state index in [-0.39, 0.29) is 126 Å². The zero-order chi connectivity index (χ0) is 106. The first-order chi connectivity index (χ1) is 64.2. The minimum Gasteiger partial charge on any atom is -0.502 e. The van der Waals surface area contributed by atoms with Crippen LogP contribution in [-0.4, -0.2) is 163 Å². The molecule has 13 unspecified atom stereocenters. The van der Waals surface area contributed by atoms with Gasteiger partial charge in [-0.2, -0.15) is 0 Å². The Morgan fingerprint density at radius 1 is 0.353 bits per heavy atom. The quantitative estimate of drug-likeness (QED) is 0.0152. The summed E-state index contributed by atoms with van der Waals surface area (Å²) >= 11 is 0. The number of ether oxygens (including phenoxy) is 10. The number of carboxylic acid groups (broad SMARTS) is 4. The van der Waals surface area contributed by atoms with Crippen LogP contribution in [0.25, 0.3) is 12.2 Å². The van der Waals surface area contributed by atoms with Crippen molar-refractivity contribution in [2.45, 2.75) is 348 Å². The van der Waals surface area contributed by atoms with Crippen molar-refractivity contribution < 1.29 is 126 Å². The second-order valence-corrected chi connectivity index (χ2v) is 34.6. The van der Waals surface area contributed by atoms with E-state index >= 15 is 0 Å². The predicted octanol–water partition coefficient (Wildman–Crippen LogP) is 25.4. The Labute approximate surface area is 822 Å². The summed E-state index contributed by atoms with van der Waals surface area (Å²) in [5, 5.41) is 42.4. The van der Waals surface area contributed by atoms with Crippen LogP contribution >= 0.6 is 0 Å². The molecule has 0 saturated carbocycles. The van der Waals surface area contributed by atoms with Gasteiger partial charge in [0.15, 0.2) is 0 Å². The maximum Gasteiger partial charge on any atom is 0.308 e. The highest BCUT2D eigenvalue weighted by Crippen LogP contribution is 2.32. The maximum atomic E-state index is 11.5. The van der Waals surface area contributed by atoms with Gasteiger partial charge in [0, 0.05) is 0 Å². The first kappa shape index (κ1) is 142. The molecule has 1 heterocycles. The van der Waals surface area contributed by atoms with Gasteiger partial charge in [0.2, 0.25) is 0 Å². The Bertz CT molecular complexity index is 3400. The lowest BCUT2D eigenvalue weighted by Gasteiger charge is -2.40. The van der Waals surface area contributed by atoms with Crippen LogP contribution < -0.4 is 0 Å². The van der Waals surface area contributed by atoms with E-state index in [0.29, 0.717) is 64.7 Å². The molecule has 786 valence electrons. The van der Waals surface area contributed by atoms with E-state index in [2.05, 4.69) is 77.8 Å². The summed E-state index contributed by atoms with van der Waals surface area (Å²) in [5.41, 5.74) is 5.70. The standard InChI is InChI=1S/C17H24O4.C14H18O2.2C11H20O3.C11H22O2.C10H14.C9H18O2.C7H14O2.4C5H10O2/c1-4-13(3)17(19)21-12-16(18)11-20-10-15-8-6-14(5-2)7-9-15;1-4-11(3)14(15)16-10-13-8-6-12(5-2)7-9-13;1-4-9(3)10(12)14-8-11(5-2)6-13-7-11;1-4-10(3)11(12)14-9-7-6-8-13-5-2;1-4-6-7-8-9-13-11(12)10(3)5-2;1-3-9(2)10-7-5-4-6-8-10;1-5-8(4)9(10)11-6-7(2)3;1-4-6(3)7(8)9-5-2;4*1-3-4(2)5(6)7/h5-9,13,16,18H,2,4,10-12H2,1,3H3;5-9,11H,2,4,10H2,1,3H3;9H,4-8H2,1-3H3;5,10H,2,4,6-9H2,1,3H3;10H,4-9H2,1-3H3;4-9H,3H2,1-2H3;7-8H,5-6H2,1-4H3;6H,4-5H2,1-3H3;4*4H,3H2,1-2H3,(H,6,7). The first-order valence-corrected chi connectivity index (χ1v) is 49.8. The van der Waals surface area contributed by atoms with E-state index in [1.165, 1.54) is 37.5 Å². The predicted molar refractivity (Wildman–Crippen MR) is 548 cm³/mol. The van der Waals surface area contributed by atoms with E-state index in [1.807, 2.05) is 187 Å². The molecular weight excluding hydrogens is 1740 g/mol. The van der Waals surface area contributed by atoms with Crippen molar-refractivity contribution in [3.05, 3.63) is 133 Å². The first-order valence-electron chi connectivity index (χ1n) is 49.8. The Morgan fingerprint density at radius 3 is 0.956 bits per heavy atom. The summed E-state index contributed by atoms with van der Waals surface area (Å²) in [6, 6.07) is 26.3. The number of aliphatic carboxylic acids is 4. The van der Waals surface area contributed by atoms with Crippen LogP contribution in [0.3, 0.4) is 0 Å². The topological polar surface area (TPSA) is 381 Å². The molecule has 13 atom stereocenters. The number of carbonyl (C=O) groups is 11. The molecule has 5 N–H and O–H groups in total. The molecule has 0 radical (unpaired) electrons. The summed E-state index contributed by atoms with van der Waals surface area (Å²) in [5.74, 6) is -3.14. The fourth-order valence-electron chi connectivity index (χ4n) is 8.71. The van der Waals surface area contributed by atoms with Gasteiger partial charge in [-0.15, -0.1) is 0 Å². The smallest absolute Gasteiger partial charge is 0.308 e. The SMILES string of the molecule is C=COCCCCOC(=O)C(C)CC.C=Cc1ccc(COC(=O)C(C)CC)cc1.C=Cc1ccc(COCC(O)COC(=O)C(C)CC)cc1.CCC(C)C(=O)O.CCC(C)C(=O)O.CCC(C)C(=O)O.CCC(C)C(=O)O.CCC(C)C(=O)OCC(C)C.CCC(C)C(=O)OCC1(CC)COC1.CCC(C)c1ccccc1.CCCCCCOC(=O)C(C)CC.CCOC(=O)C(C)CC. The Morgan fingerprint density at radius 2 is 0.669 bits per heavy atom. The third-order valence-corrected chi connectivity index (χ3v) is 22.2.